The molecule has 0 rings (SSSR count). The van der Waals surface area contributed by atoms with Crippen molar-refractivity contribution in [1.82, 2.24) is 0 Å². The lowest BCUT2D eigenvalue weighted by Crippen LogP contribution is -2.18. The third kappa shape index (κ3) is 11.8. The van der Waals surface area contributed by atoms with Gasteiger partial charge in [-0.3, -0.25) is 0 Å². The van der Waals surface area contributed by atoms with Gasteiger partial charge in [-0.25, -0.2) is 0 Å². The molecular formula is C24H51OP. The third-order valence-corrected chi connectivity index (χ3v) is 9.95. The van der Waals surface area contributed by atoms with E-state index >= 15 is 0 Å². The maximum absolute atomic E-state index is 14.2. The maximum Gasteiger partial charge on any atom is 0.0885 e. The van der Waals surface area contributed by atoms with Gasteiger partial charge in [-0.15, -0.1) is 0 Å². The van der Waals surface area contributed by atoms with Gasteiger partial charge in [0.05, 0.1) is 7.14 Å². The van der Waals surface area contributed by atoms with Gasteiger partial charge in [0, 0.05) is 18.5 Å². The van der Waals surface area contributed by atoms with E-state index in [1.54, 1.807) is 0 Å². The second kappa shape index (κ2) is 16.2. The summed E-state index contributed by atoms with van der Waals surface area (Å²) in [4.78, 5) is 0. The van der Waals surface area contributed by atoms with Gasteiger partial charge < -0.3 is 4.57 Å². The molecule has 0 aliphatic heterocycles. The lowest BCUT2D eigenvalue weighted by atomic mass is 10.0. The fourth-order valence-electron chi connectivity index (χ4n) is 4.39. The molecule has 0 aromatic rings. The Morgan fingerprint density at radius 1 is 0.538 bits per heavy atom. The molecule has 0 aliphatic carbocycles. The van der Waals surface area contributed by atoms with Gasteiger partial charge >= 0.3 is 0 Å². The summed E-state index contributed by atoms with van der Waals surface area (Å²) in [5.74, 6) is 2.06. The van der Waals surface area contributed by atoms with Crippen LogP contribution in [0.25, 0.3) is 0 Å². The fourth-order valence-corrected chi connectivity index (χ4v) is 8.98. The zero-order valence-corrected chi connectivity index (χ0v) is 20.1. The van der Waals surface area contributed by atoms with Crippen molar-refractivity contribution >= 4 is 7.14 Å². The molecular weight excluding hydrogens is 335 g/mol. The summed E-state index contributed by atoms with van der Waals surface area (Å²) >= 11 is 0. The quantitative estimate of drug-likeness (QED) is 0.215. The summed E-state index contributed by atoms with van der Waals surface area (Å²) in [6, 6.07) is 0. The average Bonchev–Trinajstić information content (AvgIpc) is 2.65. The highest BCUT2D eigenvalue weighted by atomic mass is 31.2. The molecule has 0 radical (unpaired) electrons. The molecule has 0 N–H and O–H groups in total. The molecule has 0 amide bonds. The van der Waals surface area contributed by atoms with E-state index in [0.717, 1.165) is 18.5 Å². The van der Waals surface area contributed by atoms with Crippen LogP contribution in [0.15, 0.2) is 0 Å². The SMILES string of the molecule is CCCC[C@@H](CC)CP(=O)(C[C@H](CC)CCCC)C[C@@H](CC)CCCC. The molecule has 3 atom stereocenters. The smallest absolute Gasteiger partial charge is 0.0885 e. The van der Waals surface area contributed by atoms with E-state index < -0.39 is 7.14 Å². The predicted octanol–water partition coefficient (Wildman–Crippen LogP) is 9.00. The summed E-state index contributed by atoms with van der Waals surface area (Å²) in [7, 11) is -2.06. The molecule has 0 fully saturated rings. The molecule has 0 spiro atoms. The van der Waals surface area contributed by atoms with Gasteiger partial charge in [0.25, 0.3) is 0 Å². The molecule has 0 saturated carbocycles. The highest BCUT2D eigenvalue weighted by molar-refractivity contribution is 7.63. The Morgan fingerprint density at radius 3 is 1.00 bits per heavy atom. The number of rotatable bonds is 18. The molecule has 0 aliphatic rings. The monoisotopic (exact) mass is 386 g/mol. The van der Waals surface area contributed by atoms with Crippen molar-refractivity contribution in [3.05, 3.63) is 0 Å². The molecule has 26 heavy (non-hydrogen) atoms. The number of unbranched alkanes of at least 4 members (excludes halogenated alkanes) is 3. The molecule has 158 valence electrons. The third-order valence-electron chi connectivity index (χ3n) is 6.40. The van der Waals surface area contributed by atoms with E-state index in [1.807, 2.05) is 0 Å². The normalized spacial score (nSPS) is 15.8. The standard InChI is InChI=1S/C24H51OP/c1-7-13-16-22(10-4)19-26(25,20-23(11-5)17-14-8-2)21-24(12-6)18-15-9-3/h22-24H,7-21H2,1-6H3/t22-,23-,24+/m1/s1. The second-order valence-corrected chi connectivity index (χ2v) is 12.1. The molecule has 0 aromatic heterocycles. The Morgan fingerprint density at radius 2 is 0.808 bits per heavy atom. The summed E-state index contributed by atoms with van der Waals surface area (Å²) in [5.41, 5.74) is 0. The van der Waals surface area contributed by atoms with Gasteiger partial charge in [-0.1, -0.05) is 119 Å². The van der Waals surface area contributed by atoms with Crippen LogP contribution in [-0.2, 0) is 4.57 Å². The first-order chi connectivity index (χ1) is 12.5. The van der Waals surface area contributed by atoms with Gasteiger partial charge in [0.2, 0.25) is 0 Å². The van der Waals surface area contributed by atoms with Gasteiger partial charge in [-0.2, -0.15) is 0 Å². The first-order valence-electron chi connectivity index (χ1n) is 12.0. The molecule has 0 unspecified atom stereocenters. The summed E-state index contributed by atoms with van der Waals surface area (Å²) < 4.78 is 14.2. The van der Waals surface area contributed by atoms with Crippen LogP contribution >= 0.6 is 7.14 Å². The first-order valence-corrected chi connectivity index (χ1v) is 14.3. The van der Waals surface area contributed by atoms with Gasteiger partial charge in [0.1, 0.15) is 0 Å². The van der Waals surface area contributed by atoms with Crippen LogP contribution in [0.4, 0.5) is 0 Å². The lowest BCUT2D eigenvalue weighted by molar-refractivity contribution is 0.446. The minimum absolute atomic E-state index is 0.688. The molecule has 0 bridgehead atoms. The largest absolute Gasteiger partial charge is 0.324 e. The Balaban J connectivity index is 5.16. The van der Waals surface area contributed by atoms with Crippen LogP contribution in [-0.4, -0.2) is 18.5 Å². The second-order valence-electron chi connectivity index (χ2n) is 8.86. The Bertz CT molecular complexity index is 300. The van der Waals surface area contributed by atoms with Crippen molar-refractivity contribution in [1.29, 1.82) is 0 Å². The van der Waals surface area contributed by atoms with E-state index in [1.165, 1.54) is 77.0 Å². The van der Waals surface area contributed by atoms with Crippen molar-refractivity contribution in [2.75, 3.05) is 18.5 Å². The van der Waals surface area contributed by atoms with Crippen LogP contribution in [0.2, 0.25) is 0 Å². The van der Waals surface area contributed by atoms with Crippen molar-refractivity contribution in [2.45, 2.75) is 119 Å². The first kappa shape index (κ1) is 26.2. The number of hydrogen-bond donors (Lipinski definition) is 0. The molecule has 1 nitrogen and oxygen atoms in total. The number of hydrogen-bond acceptors (Lipinski definition) is 1. The molecule has 0 heterocycles. The van der Waals surface area contributed by atoms with E-state index in [9.17, 15) is 4.57 Å². The summed E-state index contributed by atoms with van der Waals surface area (Å²) in [5, 5.41) is 0. The van der Waals surface area contributed by atoms with Crippen LogP contribution in [0.3, 0.4) is 0 Å². The van der Waals surface area contributed by atoms with E-state index in [2.05, 4.69) is 41.5 Å². The van der Waals surface area contributed by atoms with E-state index in [4.69, 9.17) is 0 Å². The molecule has 2 heteroatoms. The minimum atomic E-state index is -2.06. The zero-order valence-electron chi connectivity index (χ0n) is 19.2. The minimum Gasteiger partial charge on any atom is -0.324 e. The maximum atomic E-state index is 14.2. The molecule has 0 saturated heterocycles. The summed E-state index contributed by atoms with van der Waals surface area (Å²) in [6.07, 6.45) is 18.3. The highest BCUT2D eigenvalue weighted by Gasteiger charge is 2.31. The van der Waals surface area contributed by atoms with Crippen LogP contribution in [0, 0.1) is 17.8 Å². The lowest BCUT2D eigenvalue weighted by Gasteiger charge is -2.30. The van der Waals surface area contributed by atoms with Crippen LogP contribution < -0.4 is 0 Å². The topological polar surface area (TPSA) is 17.1 Å². The van der Waals surface area contributed by atoms with Crippen LogP contribution in [0.5, 0.6) is 0 Å². The van der Waals surface area contributed by atoms with Crippen molar-refractivity contribution in [2.24, 2.45) is 17.8 Å². The fraction of sp³-hybridized carbons (Fsp3) is 1.00. The van der Waals surface area contributed by atoms with Crippen molar-refractivity contribution in [3.63, 3.8) is 0 Å². The van der Waals surface area contributed by atoms with E-state index in [-0.39, 0.29) is 0 Å². The highest BCUT2D eigenvalue weighted by Crippen LogP contribution is 2.53. The van der Waals surface area contributed by atoms with Crippen molar-refractivity contribution in [3.8, 4) is 0 Å². The zero-order chi connectivity index (χ0) is 19.8. The summed E-state index contributed by atoms with van der Waals surface area (Å²) in [6.45, 7) is 13.8. The Kier molecular flexibility index (Phi) is 16.4. The van der Waals surface area contributed by atoms with Crippen LogP contribution in [0.1, 0.15) is 119 Å². The van der Waals surface area contributed by atoms with Gasteiger partial charge in [0.15, 0.2) is 0 Å². The van der Waals surface area contributed by atoms with Crippen molar-refractivity contribution < 1.29 is 4.57 Å². The Labute approximate surface area is 166 Å². The molecule has 0 aromatic carbocycles. The average molecular weight is 387 g/mol. The van der Waals surface area contributed by atoms with E-state index in [0.29, 0.717) is 17.8 Å². The Hall–Kier alpha value is 0.230. The van der Waals surface area contributed by atoms with Gasteiger partial charge in [-0.05, 0) is 17.8 Å². The predicted molar refractivity (Wildman–Crippen MR) is 122 cm³/mol.